The first kappa shape index (κ1) is 9.61. The average molecular weight is 159 g/mol. The Bertz CT molecular complexity index is 177. The first-order valence-corrected chi connectivity index (χ1v) is 2.90. The summed E-state index contributed by atoms with van der Waals surface area (Å²) in [5, 5.41) is 0. The average Bonchev–Trinajstić information content (AvgIpc) is 2.02. The number of methoxy groups -OCH3 is 1. The Morgan fingerprint density at radius 3 is 2.45 bits per heavy atom. The van der Waals surface area contributed by atoms with Gasteiger partial charge < -0.3 is 14.4 Å². The fraction of sp³-hybridized carbons (Fsp3) is 0.500. The molecule has 0 aromatic rings. The van der Waals surface area contributed by atoms with Gasteiger partial charge in [0.05, 0.1) is 13.7 Å². The summed E-state index contributed by atoms with van der Waals surface area (Å²) in [7, 11) is 2.45. The van der Waals surface area contributed by atoms with Crippen LogP contribution in [-0.4, -0.2) is 43.8 Å². The number of carbonyl (C=O) groups is 3. The SMILES string of the molecule is COC(=O)C(=O)N(C)CC=O. The molecule has 0 rings (SSSR count). The predicted octanol–water partition coefficient (Wildman–Crippen LogP) is -1.18. The van der Waals surface area contributed by atoms with E-state index in [4.69, 9.17) is 0 Å². The zero-order valence-corrected chi connectivity index (χ0v) is 6.36. The standard InChI is InChI=1S/C6H9NO4/c1-7(3-4-8)5(9)6(10)11-2/h4H,3H2,1-2H3. The van der Waals surface area contributed by atoms with E-state index in [2.05, 4.69) is 4.74 Å². The van der Waals surface area contributed by atoms with E-state index >= 15 is 0 Å². The first-order valence-electron chi connectivity index (χ1n) is 2.90. The van der Waals surface area contributed by atoms with Gasteiger partial charge in [-0.05, 0) is 0 Å². The van der Waals surface area contributed by atoms with Gasteiger partial charge in [-0.25, -0.2) is 4.79 Å². The van der Waals surface area contributed by atoms with Crippen molar-refractivity contribution in [1.29, 1.82) is 0 Å². The van der Waals surface area contributed by atoms with E-state index in [1.165, 1.54) is 7.05 Å². The minimum Gasteiger partial charge on any atom is -0.462 e. The number of likely N-dealkylation sites (N-methyl/N-ethyl adjacent to an activating group) is 1. The number of aldehydes is 1. The van der Waals surface area contributed by atoms with Gasteiger partial charge in [-0.15, -0.1) is 0 Å². The summed E-state index contributed by atoms with van der Waals surface area (Å²) in [5.41, 5.74) is 0. The summed E-state index contributed by atoms with van der Waals surface area (Å²) < 4.78 is 4.13. The van der Waals surface area contributed by atoms with Gasteiger partial charge in [0.15, 0.2) is 0 Å². The molecule has 5 heteroatoms. The van der Waals surface area contributed by atoms with Crippen molar-refractivity contribution in [2.45, 2.75) is 0 Å². The largest absolute Gasteiger partial charge is 0.462 e. The molecule has 62 valence electrons. The second-order valence-corrected chi connectivity index (χ2v) is 1.84. The van der Waals surface area contributed by atoms with Gasteiger partial charge in [-0.3, -0.25) is 4.79 Å². The van der Waals surface area contributed by atoms with Crippen molar-refractivity contribution in [3.05, 3.63) is 0 Å². The number of carbonyl (C=O) groups excluding carboxylic acids is 3. The summed E-state index contributed by atoms with van der Waals surface area (Å²) in [6, 6.07) is 0. The van der Waals surface area contributed by atoms with E-state index in [9.17, 15) is 14.4 Å². The molecule has 0 spiro atoms. The Kier molecular flexibility index (Phi) is 3.87. The van der Waals surface area contributed by atoms with E-state index in [-0.39, 0.29) is 6.54 Å². The summed E-state index contributed by atoms with van der Waals surface area (Å²) in [5.74, 6) is -1.78. The lowest BCUT2D eigenvalue weighted by Gasteiger charge is -2.10. The Hall–Kier alpha value is -1.39. The van der Waals surface area contributed by atoms with Crippen LogP contribution >= 0.6 is 0 Å². The summed E-state index contributed by atoms with van der Waals surface area (Å²) >= 11 is 0. The molecule has 0 radical (unpaired) electrons. The van der Waals surface area contributed by atoms with Crippen LogP contribution in [0.25, 0.3) is 0 Å². The van der Waals surface area contributed by atoms with Crippen LogP contribution < -0.4 is 0 Å². The summed E-state index contributed by atoms with van der Waals surface area (Å²) in [6.07, 6.45) is 0.529. The van der Waals surface area contributed by atoms with Gasteiger partial charge in [-0.2, -0.15) is 0 Å². The fourth-order valence-corrected chi connectivity index (χ4v) is 0.438. The third kappa shape index (κ3) is 2.79. The maximum Gasteiger partial charge on any atom is 0.396 e. The Labute approximate surface area is 63.9 Å². The van der Waals surface area contributed by atoms with Crippen molar-refractivity contribution in [3.63, 3.8) is 0 Å². The van der Waals surface area contributed by atoms with Crippen LogP contribution in [0.5, 0.6) is 0 Å². The number of esters is 1. The van der Waals surface area contributed by atoms with Gasteiger partial charge in [0.25, 0.3) is 0 Å². The van der Waals surface area contributed by atoms with E-state index in [0.29, 0.717) is 6.29 Å². The van der Waals surface area contributed by atoms with Crippen molar-refractivity contribution in [1.82, 2.24) is 4.90 Å². The highest BCUT2D eigenvalue weighted by Gasteiger charge is 2.17. The lowest BCUT2D eigenvalue weighted by atomic mass is 10.5. The number of hydrogen-bond donors (Lipinski definition) is 0. The normalized spacial score (nSPS) is 8.55. The quantitative estimate of drug-likeness (QED) is 0.289. The molecule has 5 nitrogen and oxygen atoms in total. The zero-order valence-electron chi connectivity index (χ0n) is 6.36. The van der Waals surface area contributed by atoms with Crippen LogP contribution in [0, 0.1) is 0 Å². The highest BCUT2D eigenvalue weighted by molar-refractivity contribution is 6.32. The maximum absolute atomic E-state index is 10.8. The Morgan fingerprint density at radius 1 is 1.55 bits per heavy atom. The second kappa shape index (κ2) is 4.43. The van der Waals surface area contributed by atoms with Crippen LogP contribution in [0.3, 0.4) is 0 Å². The van der Waals surface area contributed by atoms with Crippen molar-refractivity contribution in [2.75, 3.05) is 20.7 Å². The number of ether oxygens (including phenoxy) is 1. The van der Waals surface area contributed by atoms with E-state index in [1.54, 1.807) is 0 Å². The molecule has 0 atom stereocenters. The highest BCUT2D eigenvalue weighted by atomic mass is 16.5. The lowest BCUT2D eigenvalue weighted by molar-refractivity contribution is -0.157. The fourth-order valence-electron chi connectivity index (χ4n) is 0.438. The molecule has 0 aliphatic carbocycles. The molecule has 0 saturated carbocycles. The van der Waals surface area contributed by atoms with Crippen LogP contribution in [0.2, 0.25) is 0 Å². The molecule has 0 aliphatic heterocycles. The molecule has 1 amide bonds. The Balaban J connectivity index is 4.01. The smallest absolute Gasteiger partial charge is 0.396 e. The van der Waals surface area contributed by atoms with Crippen molar-refractivity contribution < 1.29 is 19.1 Å². The van der Waals surface area contributed by atoms with E-state index in [0.717, 1.165) is 12.0 Å². The number of nitrogens with zero attached hydrogens (tertiary/aromatic N) is 1. The predicted molar refractivity (Wildman–Crippen MR) is 35.7 cm³/mol. The molecule has 0 heterocycles. The van der Waals surface area contributed by atoms with Gasteiger partial charge in [0.2, 0.25) is 0 Å². The maximum atomic E-state index is 10.8. The van der Waals surface area contributed by atoms with Crippen LogP contribution in [0.1, 0.15) is 0 Å². The molecule has 0 N–H and O–H groups in total. The zero-order chi connectivity index (χ0) is 8.85. The van der Waals surface area contributed by atoms with E-state index < -0.39 is 11.9 Å². The molecule has 0 aromatic carbocycles. The lowest BCUT2D eigenvalue weighted by Crippen LogP contribution is -2.35. The van der Waals surface area contributed by atoms with Crippen LogP contribution in [-0.2, 0) is 19.1 Å². The molecule has 11 heavy (non-hydrogen) atoms. The van der Waals surface area contributed by atoms with Crippen molar-refractivity contribution in [3.8, 4) is 0 Å². The molecule has 0 bridgehead atoms. The molecular formula is C6H9NO4. The van der Waals surface area contributed by atoms with Gasteiger partial charge in [-0.1, -0.05) is 0 Å². The minimum absolute atomic E-state index is 0.103. The van der Waals surface area contributed by atoms with Crippen LogP contribution in [0.4, 0.5) is 0 Å². The minimum atomic E-state index is -0.964. The third-order valence-corrected chi connectivity index (χ3v) is 1.06. The first-order chi connectivity index (χ1) is 5.13. The molecule has 0 fully saturated rings. The van der Waals surface area contributed by atoms with Crippen molar-refractivity contribution >= 4 is 18.2 Å². The van der Waals surface area contributed by atoms with E-state index in [1.807, 2.05) is 0 Å². The monoisotopic (exact) mass is 159 g/mol. The van der Waals surface area contributed by atoms with Gasteiger partial charge in [0.1, 0.15) is 6.29 Å². The third-order valence-electron chi connectivity index (χ3n) is 1.06. The second-order valence-electron chi connectivity index (χ2n) is 1.84. The molecule has 0 saturated heterocycles. The van der Waals surface area contributed by atoms with Crippen molar-refractivity contribution in [2.24, 2.45) is 0 Å². The topological polar surface area (TPSA) is 63.7 Å². The molecular weight excluding hydrogens is 150 g/mol. The summed E-state index contributed by atoms with van der Waals surface area (Å²) in [6.45, 7) is -0.103. The number of rotatable bonds is 2. The van der Waals surface area contributed by atoms with Gasteiger partial charge in [0, 0.05) is 7.05 Å². The molecule has 0 aliphatic rings. The number of hydrogen-bond acceptors (Lipinski definition) is 4. The highest BCUT2D eigenvalue weighted by Crippen LogP contribution is 1.84. The number of amides is 1. The molecule has 0 aromatic heterocycles. The summed E-state index contributed by atoms with van der Waals surface area (Å²) in [4.78, 5) is 32.1. The van der Waals surface area contributed by atoms with Crippen LogP contribution in [0.15, 0.2) is 0 Å². The molecule has 0 unspecified atom stereocenters. The Morgan fingerprint density at radius 2 is 2.09 bits per heavy atom. The van der Waals surface area contributed by atoms with Gasteiger partial charge >= 0.3 is 11.9 Å².